The molecule has 2 saturated heterocycles. The molecule has 10 aromatic heterocycles. The standard InChI is InChI=1S/C20H18BrFN6O4.C14H17N3O4.C10H11BrFN3O.C10H9N3O4.C8H7N3O2.C6H11BrO2.ClH.S5.S4.S3.S2.H2S/c21-16-4-1-5-17(24-16)25-20(31)14-7-11(22)9-27(14)18(29)10-28-13(15-3-2-6-32-15)8-12(26-28)19(23)30;1-14(2,3)21-12(18)8-17-10(11-5-4-6-20-11)7-9(16-17)13(15)19;11-8-2-1-3-9(14-8)15-10(16)7-4-6(12)5-13-7;11-10(16)6-4-7(8-2-1-3-17-8)13(12-6)5-9(14)15;9-8(12)6-4-5(10-11-6)7-2-1-3-13-7;1-6(2,3)9-5(8)4-7;;1-3-5-4-2;1-3-4-2;1-3-2;1-2;/h1-6,8,11,14H,7,9-10H2,(H2,23,30)(H,24,25,31);4-7H,8H2,1-3H3,(H2,15,19);1-3,6-7,13H,4-5H2,(H,14,15,16);1-4H,5H2,(H2,11,16)(H,14,15);1-4H,(H2,9,12)(H,10,11);4H2,1-3H3;1H;;;;;1H2/t11-,14+;;6-,7+;;;;;;;;;/m1.1........./s1. The SMILES string of the molecule is CC(C)(C)OC(=O)CBr.CC(C)(C)OC(=O)Cn1nc(C(N)=O)cc1-c1ccco1.Cl.NC(=O)c1cc(-c2ccco2)[nH]n1.NC(=O)c1cc(-c2ccco2)n(CC(=O)N2C[C@H](F)C[C@H]2C(=O)Nc2cccc(Br)n2)n1.NC(=O)c1cc(-c2ccco2)n(CC(=O)O)n1.O=C(Nc1cccc(Br)n1)[C@@H]1C[C@@H](F)CN1.S.S=S.S=S=S.S=S=S=S.S=S=S=S=S. The molecule has 56 heteroatoms. The van der Waals surface area contributed by atoms with Gasteiger partial charge in [-0.25, -0.2) is 28.1 Å². The normalized spacial score (nSPS) is 13.5. The minimum atomic E-state index is -1.35. The number of ether oxygens (including phenoxy) is 2. The van der Waals surface area contributed by atoms with Crippen LogP contribution < -0.4 is 38.9 Å². The summed E-state index contributed by atoms with van der Waals surface area (Å²) in [5.74, 6) is -3.18. The first-order valence-electron chi connectivity index (χ1n) is 33.7. The van der Waals surface area contributed by atoms with E-state index in [1.807, 2.05) is 20.8 Å². The summed E-state index contributed by atoms with van der Waals surface area (Å²) in [6.45, 7) is 10.0. The molecule has 2 aliphatic heterocycles. The molecular weight excluding hydrogens is 2140 g/mol. The average molecular weight is 2210 g/mol. The number of nitrogens with two attached hydrogens (primary N) is 4. The van der Waals surface area contributed by atoms with Gasteiger partial charge < -0.3 is 76.0 Å². The van der Waals surface area contributed by atoms with Crippen LogP contribution in [0.2, 0.25) is 0 Å². The summed E-state index contributed by atoms with van der Waals surface area (Å²) in [5.41, 5.74) is 21.8. The van der Waals surface area contributed by atoms with Crippen molar-refractivity contribution in [1.29, 1.82) is 0 Å². The fraction of sp³-hybridized carbons (Fsp3) is 0.294. The van der Waals surface area contributed by atoms with Gasteiger partial charge in [-0.05, 0) is 146 Å². The number of furan rings is 4. The fourth-order valence-electron chi connectivity index (χ4n) is 9.65. The first-order chi connectivity index (χ1) is 57.8. The largest absolute Gasteiger partial charge is 0.480 e. The Balaban J connectivity index is 0.000000743. The number of nitrogens with zero attached hydrogens (tertiary/aromatic N) is 10. The summed E-state index contributed by atoms with van der Waals surface area (Å²) in [6, 6.07) is 28.0. The molecule has 12 heterocycles. The number of pyridine rings is 2. The Labute approximate surface area is 801 Å². The number of alkyl halides is 3. The molecule has 0 aliphatic carbocycles. The van der Waals surface area contributed by atoms with Gasteiger partial charge in [-0.1, -0.05) is 28.1 Å². The van der Waals surface area contributed by atoms with Gasteiger partial charge in [0.05, 0.1) is 37.6 Å². The number of primary amides is 4. The topological polar surface area (TPSA) is 513 Å². The van der Waals surface area contributed by atoms with Crippen LogP contribution in [0.3, 0.4) is 0 Å². The van der Waals surface area contributed by atoms with Gasteiger partial charge in [0.1, 0.15) is 104 Å². The molecule has 0 saturated carbocycles. The van der Waals surface area contributed by atoms with Crippen LogP contribution in [0, 0.1) is 0 Å². The first kappa shape index (κ1) is 114. The van der Waals surface area contributed by atoms with Gasteiger partial charge in [0.2, 0.25) is 17.7 Å². The zero-order valence-corrected chi connectivity index (χ0v) is 82.9. The second-order valence-electron chi connectivity index (χ2n) is 25.2. The Morgan fingerprint density at radius 1 is 0.556 bits per heavy atom. The summed E-state index contributed by atoms with van der Waals surface area (Å²) in [6.07, 6.45) is 3.70. The van der Waals surface area contributed by atoms with E-state index in [2.05, 4.69) is 189 Å². The number of anilines is 2. The number of aliphatic carboxylic acids is 1. The minimum Gasteiger partial charge on any atom is -0.480 e. The van der Waals surface area contributed by atoms with Crippen molar-refractivity contribution in [2.24, 2.45) is 22.9 Å². The Hall–Kier alpha value is -8.06. The molecule has 7 amide bonds. The van der Waals surface area contributed by atoms with Crippen LogP contribution in [-0.2, 0) is 201 Å². The third-order valence-electron chi connectivity index (χ3n) is 14.1. The molecule has 13 N–H and O–H groups in total. The molecule has 0 spiro atoms. The number of amides is 7. The Morgan fingerprint density at radius 3 is 1.27 bits per heavy atom. The maximum atomic E-state index is 14.2. The van der Waals surface area contributed by atoms with Crippen molar-refractivity contribution in [2.75, 3.05) is 29.1 Å². The van der Waals surface area contributed by atoms with E-state index in [0.717, 1.165) is 18.5 Å². The number of carboxylic acids is 1. The van der Waals surface area contributed by atoms with Crippen molar-refractivity contribution in [1.82, 2.24) is 59.7 Å². The van der Waals surface area contributed by atoms with Crippen molar-refractivity contribution in [3.63, 3.8) is 0 Å². The molecule has 10 aromatic rings. The third-order valence-corrected chi connectivity index (χ3v) is 22.1. The number of aromatic amines is 1. The van der Waals surface area contributed by atoms with Gasteiger partial charge in [-0.3, -0.25) is 57.7 Å². The smallest absolute Gasteiger partial charge is 0.328 e. The fourth-order valence-corrected chi connectivity index (χ4v) is 13.2. The second-order valence-corrected chi connectivity index (χ2v) is 38.0. The number of hydrogen-bond acceptors (Lipinski definition) is 31. The zero-order chi connectivity index (χ0) is 91.4. The third kappa shape index (κ3) is 42.5. The van der Waals surface area contributed by atoms with Crippen molar-refractivity contribution >= 4 is 287 Å². The Morgan fingerprint density at radius 2 is 0.952 bits per heavy atom. The summed E-state index contributed by atoms with van der Waals surface area (Å²) in [7, 11) is 7.21. The molecule has 12 rings (SSSR count). The number of esters is 2. The molecule has 0 bridgehead atoms. The van der Waals surface area contributed by atoms with E-state index in [9.17, 15) is 56.7 Å². The minimum absolute atomic E-state index is 0. The van der Waals surface area contributed by atoms with Crippen molar-refractivity contribution in [3.05, 3.63) is 166 Å². The molecular formula is C68H76Br3ClF2N18O17S15. The number of carbonyl (C=O) groups is 10. The van der Waals surface area contributed by atoms with E-state index in [-0.39, 0.29) is 123 Å². The monoisotopic (exact) mass is 2210 g/mol. The van der Waals surface area contributed by atoms with E-state index >= 15 is 0 Å². The number of H-pyrrole nitrogens is 1. The lowest BCUT2D eigenvalue weighted by atomic mass is 10.2. The summed E-state index contributed by atoms with van der Waals surface area (Å²) in [4.78, 5) is 124. The summed E-state index contributed by atoms with van der Waals surface area (Å²) < 4.78 is 63.0. The number of carbonyl (C=O) groups excluding carboxylic acids is 9. The Bertz CT molecular complexity index is 5380. The second kappa shape index (κ2) is 59.8. The predicted molar refractivity (Wildman–Crippen MR) is 511 cm³/mol. The lowest BCUT2D eigenvalue weighted by Crippen LogP contribution is -2.44. The van der Waals surface area contributed by atoms with Gasteiger partial charge in [-0.15, -0.1) is 12.4 Å². The van der Waals surface area contributed by atoms with Crippen LogP contribution in [0.5, 0.6) is 0 Å². The molecule has 2 fully saturated rings. The van der Waals surface area contributed by atoms with E-state index in [1.54, 1.807) is 118 Å². The lowest BCUT2D eigenvalue weighted by Gasteiger charge is -2.23. The van der Waals surface area contributed by atoms with E-state index < -0.39 is 77.4 Å². The van der Waals surface area contributed by atoms with Crippen LogP contribution >= 0.6 is 73.7 Å². The van der Waals surface area contributed by atoms with E-state index in [1.165, 1.54) is 90.8 Å². The molecule has 0 unspecified atom stereocenters. The first-order valence-corrected chi connectivity index (χ1v) is 49.8. The number of halogens is 6. The molecule has 35 nitrogen and oxygen atoms in total. The summed E-state index contributed by atoms with van der Waals surface area (Å²) >= 11 is 42.5. The van der Waals surface area contributed by atoms with Crippen LogP contribution in [0.1, 0.15) is 96.3 Å². The van der Waals surface area contributed by atoms with Crippen LogP contribution in [0.15, 0.2) is 161 Å². The number of hydrogen-bond donors (Lipinski definition) is 9. The number of likely N-dealkylation sites (tertiary alicyclic amines) is 1. The zero-order valence-electron chi connectivity index (χ0n) is 64.9. The highest BCUT2D eigenvalue weighted by Crippen LogP contribution is 2.28. The van der Waals surface area contributed by atoms with Gasteiger partial charge in [0.15, 0.2) is 40.1 Å². The van der Waals surface area contributed by atoms with Crippen LogP contribution in [-0.4, -0.2) is 173 Å². The Kier molecular flexibility index (Phi) is 55.0. The van der Waals surface area contributed by atoms with Crippen LogP contribution in [0.4, 0.5) is 20.4 Å². The van der Waals surface area contributed by atoms with Gasteiger partial charge >= 0.3 is 17.9 Å². The number of aromatic nitrogens is 10. The van der Waals surface area contributed by atoms with Gasteiger partial charge in [0, 0.05) is 186 Å². The molecule has 0 aromatic carbocycles. The molecule has 4 atom stereocenters. The quantitative estimate of drug-likeness (QED) is 0.0208. The number of carboxylic acid groups (broad SMARTS) is 1. The maximum Gasteiger partial charge on any atom is 0.328 e. The molecule has 2 aliphatic rings. The average Bonchev–Trinajstić information content (AvgIpc) is 1.62. The van der Waals surface area contributed by atoms with E-state index in [4.69, 9.17) is 55.2 Å². The number of rotatable bonds is 19. The van der Waals surface area contributed by atoms with Crippen molar-refractivity contribution < 1.29 is 89.0 Å². The summed E-state index contributed by atoms with van der Waals surface area (Å²) in [5, 5.41) is 35.3. The van der Waals surface area contributed by atoms with Crippen molar-refractivity contribution in [2.45, 2.75) is 110 Å². The van der Waals surface area contributed by atoms with Crippen LogP contribution in [0.25, 0.3) is 45.8 Å². The lowest BCUT2D eigenvalue weighted by molar-refractivity contribution is -0.156. The predicted octanol–water partition coefficient (Wildman–Crippen LogP) is 8.36. The van der Waals surface area contributed by atoms with Gasteiger partial charge in [-0.2, -0.15) is 33.9 Å². The number of nitrogens with one attached hydrogen (secondary N) is 4. The van der Waals surface area contributed by atoms with Gasteiger partial charge in [0.25, 0.3) is 23.6 Å². The highest BCUT2D eigenvalue weighted by atomic mass is 79.9. The molecule has 672 valence electrons. The highest BCUT2D eigenvalue weighted by molar-refractivity contribution is 9.10. The molecule has 0 radical (unpaired) electrons. The highest BCUT2D eigenvalue weighted by Gasteiger charge is 2.40. The maximum absolute atomic E-state index is 14.2. The van der Waals surface area contributed by atoms with Crippen molar-refractivity contribution in [3.8, 4) is 45.8 Å². The van der Waals surface area contributed by atoms with E-state index in [0.29, 0.717) is 60.8 Å². The molecule has 124 heavy (non-hydrogen) atoms.